The topological polar surface area (TPSA) is 67.9 Å². The minimum Gasteiger partial charge on any atom is -0.494 e. The van der Waals surface area contributed by atoms with Crippen molar-refractivity contribution in [2.24, 2.45) is 0 Å². The third kappa shape index (κ3) is 5.81. The van der Waals surface area contributed by atoms with Crippen molar-refractivity contribution in [3.63, 3.8) is 0 Å². The Kier molecular flexibility index (Phi) is 7.02. The molecular weight excluding hydrogens is 332 g/mol. The molecule has 0 heterocycles. The van der Waals surface area contributed by atoms with Gasteiger partial charge in [-0.15, -0.1) is 0 Å². The smallest absolute Gasteiger partial charge is 0.262 e. The maximum absolute atomic E-state index is 12.0. The van der Waals surface area contributed by atoms with Crippen molar-refractivity contribution in [2.45, 2.75) is 20.3 Å². The zero-order valence-corrected chi connectivity index (χ0v) is 15.3. The summed E-state index contributed by atoms with van der Waals surface area (Å²) < 4.78 is 11.0. The van der Waals surface area contributed by atoms with E-state index in [9.17, 15) is 9.59 Å². The van der Waals surface area contributed by atoms with E-state index in [-0.39, 0.29) is 18.4 Å². The Balaban J connectivity index is 1.82. The standard InChI is InChI=1S/C20H24N2O4/c1-4-13-25-18-9-11-19(12-10-18)26-14-20(24)21-16-5-7-17(8-6-16)22(3)15(2)23/h5-12H,4,13-14H2,1-3H3,(H,21,24). The van der Waals surface area contributed by atoms with Crippen LogP contribution in [0, 0.1) is 0 Å². The molecule has 1 N–H and O–H groups in total. The van der Waals surface area contributed by atoms with Crippen LogP contribution in [0.3, 0.4) is 0 Å². The number of hydrogen-bond donors (Lipinski definition) is 1. The summed E-state index contributed by atoms with van der Waals surface area (Å²) in [6.07, 6.45) is 0.949. The van der Waals surface area contributed by atoms with E-state index in [2.05, 4.69) is 5.32 Å². The summed E-state index contributed by atoms with van der Waals surface area (Å²) in [7, 11) is 1.70. The Morgan fingerprint density at radius 3 is 2.08 bits per heavy atom. The van der Waals surface area contributed by atoms with Crippen molar-refractivity contribution in [1.29, 1.82) is 0 Å². The summed E-state index contributed by atoms with van der Waals surface area (Å²) in [5.74, 6) is 1.06. The van der Waals surface area contributed by atoms with Crippen molar-refractivity contribution in [2.75, 3.05) is 30.5 Å². The molecule has 2 aromatic rings. The number of ether oxygens (including phenoxy) is 2. The lowest BCUT2D eigenvalue weighted by atomic mass is 10.2. The van der Waals surface area contributed by atoms with Crippen LogP contribution >= 0.6 is 0 Å². The van der Waals surface area contributed by atoms with Gasteiger partial charge in [-0.25, -0.2) is 0 Å². The fraction of sp³-hybridized carbons (Fsp3) is 0.300. The maximum atomic E-state index is 12.0. The average molecular weight is 356 g/mol. The fourth-order valence-electron chi connectivity index (χ4n) is 2.15. The first kappa shape index (κ1) is 19.3. The lowest BCUT2D eigenvalue weighted by Crippen LogP contribution is -2.23. The van der Waals surface area contributed by atoms with Crippen molar-refractivity contribution >= 4 is 23.2 Å². The number of hydrogen-bond acceptors (Lipinski definition) is 4. The van der Waals surface area contributed by atoms with Gasteiger partial charge in [-0.1, -0.05) is 6.92 Å². The van der Waals surface area contributed by atoms with Crippen LogP contribution in [0.25, 0.3) is 0 Å². The van der Waals surface area contributed by atoms with Crippen LogP contribution in [-0.4, -0.2) is 32.1 Å². The normalized spacial score (nSPS) is 10.1. The Hall–Kier alpha value is -3.02. The van der Waals surface area contributed by atoms with Gasteiger partial charge in [0.05, 0.1) is 6.61 Å². The number of anilines is 2. The molecule has 2 amide bonds. The zero-order valence-electron chi connectivity index (χ0n) is 15.3. The summed E-state index contributed by atoms with van der Waals surface area (Å²) in [6, 6.07) is 14.2. The van der Waals surface area contributed by atoms with Gasteiger partial charge in [0.1, 0.15) is 11.5 Å². The van der Waals surface area contributed by atoms with Crippen molar-refractivity contribution in [1.82, 2.24) is 0 Å². The minimum atomic E-state index is -0.260. The predicted octanol–water partition coefficient (Wildman–Crippen LogP) is 3.48. The molecule has 0 bridgehead atoms. The van der Waals surface area contributed by atoms with E-state index >= 15 is 0 Å². The summed E-state index contributed by atoms with van der Waals surface area (Å²) in [5, 5.41) is 2.75. The number of carbonyl (C=O) groups excluding carboxylic acids is 2. The summed E-state index contributed by atoms with van der Waals surface area (Å²) >= 11 is 0. The molecule has 0 saturated carbocycles. The quantitative estimate of drug-likeness (QED) is 0.786. The van der Waals surface area contributed by atoms with Crippen LogP contribution in [-0.2, 0) is 9.59 Å². The number of carbonyl (C=O) groups is 2. The molecule has 0 unspecified atom stereocenters. The van der Waals surface area contributed by atoms with Crippen LogP contribution in [0.15, 0.2) is 48.5 Å². The van der Waals surface area contributed by atoms with Crippen LogP contribution in [0.5, 0.6) is 11.5 Å². The van der Waals surface area contributed by atoms with Gasteiger partial charge in [0.25, 0.3) is 5.91 Å². The average Bonchev–Trinajstić information content (AvgIpc) is 2.65. The van der Waals surface area contributed by atoms with E-state index in [0.717, 1.165) is 17.9 Å². The van der Waals surface area contributed by atoms with Crippen LogP contribution in [0.4, 0.5) is 11.4 Å². The number of rotatable bonds is 8. The van der Waals surface area contributed by atoms with Gasteiger partial charge >= 0.3 is 0 Å². The highest BCUT2D eigenvalue weighted by Crippen LogP contribution is 2.19. The number of nitrogens with zero attached hydrogens (tertiary/aromatic N) is 1. The molecular formula is C20H24N2O4. The second-order valence-corrected chi connectivity index (χ2v) is 5.78. The molecule has 0 atom stereocenters. The van der Waals surface area contributed by atoms with Crippen molar-refractivity contribution in [3.8, 4) is 11.5 Å². The highest BCUT2D eigenvalue weighted by molar-refractivity contribution is 5.93. The van der Waals surface area contributed by atoms with Gasteiger partial charge in [0, 0.05) is 25.3 Å². The molecule has 2 aromatic carbocycles. The van der Waals surface area contributed by atoms with Gasteiger partial charge in [0.2, 0.25) is 5.91 Å². The summed E-state index contributed by atoms with van der Waals surface area (Å²) in [5.41, 5.74) is 1.40. The van der Waals surface area contributed by atoms with E-state index in [0.29, 0.717) is 18.0 Å². The molecule has 0 spiro atoms. The largest absolute Gasteiger partial charge is 0.494 e. The van der Waals surface area contributed by atoms with E-state index in [4.69, 9.17) is 9.47 Å². The van der Waals surface area contributed by atoms with Crippen molar-refractivity contribution in [3.05, 3.63) is 48.5 Å². The highest BCUT2D eigenvalue weighted by Gasteiger charge is 2.07. The molecule has 0 aliphatic carbocycles. The monoisotopic (exact) mass is 356 g/mol. The molecule has 0 aliphatic heterocycles. The first-order valence-corrected chi connectivity index (χ1v) is 8.49. The fourth-order valence-corrected chi connectivity index (χ4v) is 2.15. The first-order chi connectivity index (χ1) is 12.5. The first-order valence-electron chi connectivity index (χ1n) is 8.49. The molecule has 138 valence electrons. The Morgan fingerprint density at radius 1 is 0.962 bits per heavy atom. The summed E-state index contributed by atoms with van der Waals surface area (Å²) in [4.78, 5) is 24.9. The van der Waals surface area contributed by atoms with E-state index in [1.54, 1.807) is 43.4 Å². The molecule has 0 aromatic heterocycles. The van der Waals surface area contributed by atoms with Crippen LogP contribution in [0.2, 0.25) is 0 Å². The van der Waals surface area contributed by atoms with Gasteiger partial charge in [-0.05, 0) is 55.0 Å². The molecule has 6 nitrogen and oxygen atoms in total. The Labute approximate surface area is 153 Å². The molecule has 0 saturated heterocycles. The van der Waals surface area contributed by atoms with E-state index in [1.807, 2.05) is 19.1 Å². The predicted molar refractivity (Wildman–Crippen MR) is 102 cm³/mol. The number of nitrogens with one attached hydrogen (secondary N) is 1. The Morgan fingerprint density at radius 2 is 1.54 bits per heavy atom. The van der Waals surface area contributed by atoms with E-state index < -0.39 is 0 Å². The Bertz CT molecular complexity index is 726. The third-order valence-corrected chi connectivity index (χ3v) is 3.68. The highest BCUT2D eigenvalue weighted by atomic mass is 16.5. The molecule has 2 rings (SSSR count). The number of benzene rings is 2. The minimum absolute atomic E-state index is 0.0544. The van der Waals surface area contributed by atoms with Gasteiger partial charge < -0.3 is 19.7 Å². The second kappa shape index (κ2) is 9.46. The van der Waals surface area contributed by atoms with Gasteiger partial charge in [-0.2, -0.15) is 0 Å². The molecule has 0 radical (unpaired) electrons. The third-order valence-electron chi connectivity index (χ3n) is 3.68. The maximum Gasteiger partial charge on any atom is 0.262 e. The molecule has 0 aliphatic rings. The lowest BCUT2D eigenvalue weighted by Gasteiger charge is -2.15. The molecule has 6 heteroatoms. The molecule has 0 fully saturated rings. The number of amides is 2. The van der Waals surface area contributed by atoms with Crippen LogP contribution in [0.1, 0.15) is 20.3 Å². The summed E-state index contributed by atoms with van der Waals surface area (Å²) in [6.45, 7) is 4.12. The zero-order chi connectivity index (χ0) is 18.9. The second-order valence-electron chi connectivity index (χ2n) is 5.78. The van der Waals surface area contributed by atoms with Gasteiger partial charge in [0.15, 0.2) is 6.61 Å². The lowest BCUT2D eigenvalue weighted by molar-refractivity contribution is -0.118. The van der Waals surface area contributed by atoms with E-state index in [1.165, 1.54) is 11.8 Å². The molecule has 26 heavy (non-hydrogen) atoms. The van der Waals surface area contributed by atoms with Crippen molar-refractivity contribution < 1.29 is 19.1 Å². The SMILES string of the molecule is CCCOc1ccc(OCC(=O)Nc2ccc(N(C)C(C)=O)cc2)cc1. The van der Waals surface area contributed by atoms with Gasteiger partial charge in [-0.3, -0.25) is 9.59 Å². The van der Waals surface area contributed by atoms with Crippen LogP contribution < -0.4 is 19.7 Å².